The van der Waals surface area contributed by atoms with Gasteiger partial charge in [-0.2, -0.15) is 0 Å². The van der Waals surface area contributed by atoms with E-state index in [0.717, 1.165) is 24.9 Å². The largest absolute Gasteiger partial charge is 0.493 e. The minimum Gasteiger partial charge on any atom is -0.493 e. The van der Waals surface area contributed by atoms with Gasteiger partial charge in [-0.3, -0.25) is 14.3 Å². The van der Waals surface area contributed by atoms with E-state index >= 15 is 0 Å². The molecule has 1 fully saturated rings. The van der Waals surface area contributed by atoms with Crippen molar-refractivity contribution in [3.05, 3.63) is 75.5 Å². The van der Waals surface area contributed by atoms with Gasteiger partial charge in [0.1, 0.15) is 11.4 Å². The van der Waals surface area contributed by atoms with Crippen LogP contribution in [0.1, 0.15) is 50.1 Å². The van der Waals surface area contributed by atoms with Gasteiger partial charge in [0.15, 0.2) is 0 Å². The van der Waals surface area contributed by atoms with Crippen LogP contribution in [-0.2, 0) is 11.8 Å². The molecule has 10 heteroatoms. The molecule has 0 radical (unpaired) electrons. The highest BCUT2D eigenvalue weighted by Gasteiger charge is 2.32. The van der Waals surface area contributed by atoms with Gasteiger partial charge >= 0.3 is 0 Å². The van der Waals surface area contributed by atoms with Crippen LogP contribution in [0.15, 0.2) is 57.7 Å². The Morgan fingerprint density at radius 3 is 2.74 bits per heavy atom. The van der Waals surface area contributed by atoms with Gasteiger partial charge in [-0.25, -0.2) is 4.68 Å². The second kappa shape index (κ2) is 10.9. The number of carbonyl (C=O) groups excluding carboxylic acids is 1. The molecule has 2 heterocycles. The van der Waals surface area contributed by atoms with Crippen molar-refractivity contribution in [2.24, 2.45) is 13.0 Å². The van der Waals surface area contributed by atoms with Crippen molar-refractivity contribution in [1.29, 1.82) is 0 Å². The second-order valence-electron chi connectivity index (χ2n) is 9.51. The third-order valence-electron chi connectivity index (χ3n) is 7.11. The highest BCUT2D eigenvalue weighted by atomic mass is 35.5. The maximum atomic E-state index is 13.3. The number of halogens is 1. The SMILES string of the molecule is CCOc1ccc(Cl)cc1-c1nnc([C@@H]2CCC[C@H](C(=O)Nc3c(C)n(C)n(-c4ccccc4)c3=O)C2)o1. The summed E-state index contributed by atoms with van der Waals surface area (Å²) < 4.78 is 15.1. The van der Waals surface area contributed by atoms with E-state index in [1.165, 1.54) is 0 Å². The highest BCUT2D eigenvalue weighted by molar-refractivity contribution is 6.30. The van der Waals surface area contributed by atoms with E-state index in [4.69, 9.17) is 20.8 Å². The second-order valence-corrected chi connectivity index (χ2v) is 9.94. The zero-order chi connectivity index (χ0) is 26.8. The summed E-state index contributed by atoms with van der Waals surface area (Å²) >= 11 is 6.20. The number of rotatable bonds is 7. The normalized spacial score (nSPS) is 17.4. The summed E-state index contributed by atoms with van der Waals surface area (Å²) in [4.78, 5) is 26.5. The van der Waals surface area contributed by atoms with Crippen LogP contribution in [0, 0.1) is 12.8 Å². The van der Waals surface area contributed by atoms with E-state index in [-0.39, 0.29) is 23.3 Å². The van der Waals surface area contributed by atoms with E-state index in [1.54, 1.807) is 34.6 Å². The number of aromatic nitrogens is 4. The molecule has 0 aliphatic heterocycles. The quantitative estimate of drug-likeness (QED) is 0.335. The Hall–Kier alpha value is -3.85. The topological polar surface area (TPSA) is 104 Å². The van der Waals surface area contributed by atoms with Crippen molar-refractivity contribution in [3.8, 4) is 22.9 Å². The Labute approximate surface area is 225 Å². The minimum absolute atomic E-state index is 0.0617. The summed E-state index contributed by atoms with van der Waals surface area (Å²) in [5.74, 6) is 0.925. The number of hydrogen-bond acceptors (Lipinski definition) is 6. The van der Waals surface area contributed by atoms with E-state index in [2.05, 4.69) is 15.5 Å². The molecule has 0 unspecified atom stereocenters. The molecule has 2 atom stereocenters. The summed E-state index contributed by atoms with van der Waals surface area (Å²) in [6, 6.07) is 14.6. The number of hydrogen-bond donors (Lipinski definition) is 1. The number of nitrogens with one attached hydrogen (secondary N) is 1. The van der Waals surface area contributed by atoms with Crippen molar-refractivity contribution in [2.75, 3.05) is 11.9 Å². The lowest BCUT2D eigenvalue weighted by Gasteiger charge is -2.26. The number of amides is 1. The first kappa shape index (κ1) is 25.8. The molecule has 5 rings (SSSR count). The van der Waals surface area contributed by atoms with Crippen molar-refractivity contribution in [2.45, 2.75) is 45.4 Å². The summed E-state index contributed by atoms with van der Waals surface area (Å²) in [7, 11) is 1.81. The summed E-state index contributed by atoms with van der Waals surface area (Å²) in [5, 5.41) is 12.0. The van der Waals surface area contributed by atoms with Gasteiger partial charge in [-0.05, 0) is 63.4 Å². The molecule has 1 aliphatic rings. The van der Waals surface area contributed by atoms with E-state index in [9.17, 15) is 9.59 Å². The first-order valence-electron chi connectivity index (χ1n) is 12.8. The van der Waals surface area contributed by atoms with Crippen LogP contribution >= 0.6 is 11.6 Å². The summed E-state index contributed by atoms with van der Waals surface area (Å²) in [5.41, 5.74) is 2.10. The third-order valence-corrected chi connectivity index (χ3v) is 7.34. The predicted octanol–water partition coefficient (Wildman–Crippen LogP) is 5.50. The van der Waals surface area contributed by atoms with Crippen LogP contribution in [0.3, 0.4) is 0 Å². The van der Waals surface area contributed by atoms with Crippen LogP contribution < -0.4 is 15.6 Å². The predicted molar refractivity (Wildman–Crippen MR) is 145 cm³/mol. The van der Waals surface area contributed by atoms with Gasteiger partial charge in [0.05, 0.1) is 23.6 Å². The number of carbonyl (C=O) groups is 1. The molecule has 4 aromatic rings. The van der Waals surface area contributed by atoms with E-state index < -0.39 is 0 Å². The zero-order valence-corrected chi connectivity index (χ0v) is 22.4. The molecule has 1 N–H and O–H groups in total. The van der Waals surface area contributed by atoms with Crippen molar-refractivity contribution in [1.82, 2.24) is 19.6 Å². The molecular weight excluding hydrogens is 506 g/mol. The average molecular weight is 536 g/mol. The molecule has 198 valence electrons. The summed E-state index contributed by atoms with van der Waals surface area (Å²) in [6.45, 7) is 4.22. The molecule has 9 nitrogen and oxygen atoms in total. The smallest absolute Gasteiger partial charge is 0.295 e. The van der Waals surface area contributed by atoms with Crippen molar-refractivity contribution in [3.63, 3.8) is 0 Å². The van der Waals surface area contributed by atoms with Gasteiger partial charge in [-0.15, -0.1) is 10.2 Å². The summed E-state index contributed by atoms with van der Waals surface area (Å²) in [6.07, 6.45) is 2.96. The number of nitrogens with zero attached hydrogens (tertiary/aromatic N) is 4. The molecule has 1 saturated carbocycles. The zero-order valence-electron chi connectivity index (χ0n) is 21.6. The van der Waals surface area contributed by atoms with Gasteiger partial charge in [-0.1, -0.05) is 36.2 Å². The lowest BCUT2D eigenvalue weighted by atomic mass is 9.81. The van der Waals surface area contributed by atoms with Crippen LogP contribution in [0.5, 0.6) is 5.75 Å². The van der Waals surface area contributed by atoms with E-state index in [1.807, 2.05) is 44.2 Å². The fourth-order valence-corrected chi connectivity index (χ4v) is 5.22. The molecule has 2 aromatic carbocycles. The number of para-hydroxylation sites is 1. The maximum absolute atomic E-state index is 13.3. The van der Waals surface area contributed by atoms with Crippen LogP contribution in [-0.4, -0.2) is 32.1 Å². The molecule has 1 amide bonds. The van der Waals surface area contributed by atoms with Gasteiger partial charge in [0.2, 0.25) is 11.8 Å². The number of anilines is 1. The Bertz CT molecular complexity index is 1510. The molecule has 0 saturated heterocycles. The van der Waals surface area contributed by atoms with Crippen molar-refractivity contribution < 1.29 is 13.9 Å². The first-order valence-corrected chi connectivity index (χ1v) is 13.2. The maximum Gasteiger partial charge on any atom is 0.295 e. The van der Waals surface area contributed by atoms with Gasteiger partial charge in [0.25, 0.3) is 11.4 Å². The highest BCUT2D eigenvalue weighted by Crippen LogP contribution is 2.38. The Morgan fingerprint density at radius 1 is 1.18 bits per heavy atom. The fraction of sp³-hybridized carbons (Fsp3) is 0.357. The molecule has 2 aromatic heterocycles. The van der Waals surface area contributed by atoms with Gasteiger partial charge in [0, 0.05) is 23.9 Å². The monoisotopic (exact) mass is 535 g/mol. The van der Waals surface area contributed by atoms with Crippen LogP contribution in [0.4, 0.5) is 5.69 Å². The first-order chi connectivity index (χ1) is 18.4. The third kappa shape index (κ3) is 4.98. The number of ether oxygens (including phenoxy) is 1. The Balaban J connectivity index is 1.33. The van der Waals surface area contributed by atoms with E-state index in [0.29, 0.717) is 52.5 Å². The van der Waals surface area contributed by atoms with Crippen LogP contribution in [0.25, 0.3) is 17.1 Å². The minimum atomic E-state index is -0.279. The molecule has 0 spiro atoms. The van der Waals surface area contributed by atoms with Gasteiger partial charge < -0.3 is 14.5 Å². The standard InChI is InChI=1S/C28H30ClN5O4/c1-4-37-23-14-13-20(29)16-22(23)27-32-31-26(38-27)19-10-8-9-18(15-19)25(35)30-24-17(2)33(3)34(28(24)36)21-11-6-5-7-12-21/h5-7,11-14,16,18-19H,4,8-10,15H2,1-3H3,(H,30,35)/t18-,19+/m0/s1. The van der Waals surface area contributed by atoms with Crippen LogP contribution in [0.2, 0.25) is 5.02 Å². The molecule has 1 aliphatic carbocycles. The average Bonchev–Trinajstić information content (AvgIpc) is 3.50. The lowest BCUT2D eigenvalue weighted by Crippen LogP contribution is -2.30. The molecule has 0 bridgehead atoms. The van der Waals surface area contributed by atoms with Crippen molar-refractivity contribution >= 4 is 23.2 Å². The Kier molecular flexibility index (Phi) is 7.37. The number of benzene rings is 2. The molecule has 38 heavy (non-hydrogen) atoms. The fourth-order valence-electron chi connectivity index (χ4n) is 5.05. The Morgan fingerprint density at radius 2 is 1.97 bits per heavy atom. The molecular formula is C28H30ClN5O4. The lowest BCUT2D eigenvalue weighted by molar-refractivity contribution is -0.121.